The fourth-order valence-corrected chi connectivity index (χ4v) is 5.92. The van der Waals surface area contributed by atoms with Crippen LogP contribution in [0.25, 0.3) is 0 Å². The van der Waals surface area contributed by atoms with Gasteiger partial charge in [-0.15, -0.1) is 0 Å². The first-order chi connectivity index (χ1) is 17.1. The van der Waals surface area contributed by atoms with Gasteiger partial charge in [0.15, 0.2) is 0 Å². The molecule has 3 aliphatic heterocycles. The van der Waals surface area contributed by atoms with Gasteiger partial charge in [-0.25, -0.2) is 4.79 Å². The number of cyclic esters (lactones) is 1. The summed E-state index contributed by atoms with van der Waals surface area (Å²) in [5, 5.41) is 9.10. The molecule has 3 aliphatic rings. The number of carbonyl (C=O) groups is 2. The van der Waals surface area contributed by atoms with Crippen molar-refractivity contribution in [3.05, 3.63) is 60.4 Å². The molecule has 186 valence electrons. The number of likely N-dealkylation sites (tertiary alicyclic amines) is 1. The first-order valence-corrected chi connectivity index (χ1v) is 12.7. The predicted octanol–water partition coefficient (Wildman–Crippen LogP) is 3.80. The van der Waals surface area contributed by atoms with Crippen molar-refractivity contribution in [2.24, 2.45) is 5.92 Å². The Morgan fingerprint density at radius 3 is 2.31 bits per heavy atom. The van der Waals surface area contributed by atoms with Crippen LogP contribution in [-0.2, 0) is 9.53 Å². The zero-order chi connectivity index (χ0) is 24.2. The van der Waals surface area contributed by atoms with Gasteiger partial charge in [-0.1, -0.05) is 30.3 Å². The maximum atomic E-state index is 13.2. The number of hydrogen-bond acceptors (Lipinski definition) is 6. The van der Waals surface area contributed by atoms with E-state index < -0.39 is 5.97 Å². The molecule has 2 aromatic rings. The quantitative estimate of drug-likeness (QED) is 0.648. The molecule has 5 rings (SSSR count). The molecule has 3 saturated heterocycles. The Kier molecular flexibility index (Phi) is 7.18. The van der Waals surface area contributed by atoms with Crippen molar-refractivity contribution >= 4 is 17.7 Å². The highest BCUT2D eigenvalue weighted by atomic mass is 16.6. The summed E-state index contributed by atoms with van der Waals surface area (Å²) in [5.41, 5.74) is 2.28. The minimum Gasteiger partial charge on any atom is -0.481 e. The number of aromatic nitrogens is 1. The van der Waals surface area contributed by atoms with Gasteiger partial charge in [0.25, 0.3) is 0 Å². The van der Waals surface area contributed by atoms with E-state index in [1.165, 1.54) is 5.69 Å². The zero-order valence-electron chi connectivity index (χ0n) is 20.0. The fraction of sp³-hybridized carbons (Fsp3) is 0.519. The lowest BCUT2D eigenvalue weighted by Gasteiger charge is -2.40. The summed E-state index contributed by atoms with van der Waals surface area (Å²) in [5.74, 6) is -0.482. The Morgan fingerprint density at radius 1 is 0.971 bits per heavy atom. The fourth-order valence-electron chi connectivity index (χ4n) is 5.92. The van der Waals surface area contributed by atoms with E-state index in [4.69, 9.17) is 9.84 Å². The van der Waals surface area contributed by atoms with Gasteiger partial charge in [0, 0.05) is 50.2 Å². The molecule has 2 unspecified atom stereocenters. The second-order valence-electron chi connectivity index (χ2n) is 9.95. The van der Waals surface area contributed by atoms with Crippen LogP contribution in [0, 0.1) is 5.92 Å². The summed E-state index contributed by atoms with van der Waals surface area (Å²) in [4.78, 5) is 35.1. The molecule has 0 saturated carbocycles. The van der Waals surface area contributed by atoms with Gasteiger partial charge in [0.2, 0.25) is 0 Å². The van der Waals surface area contributed by atoms with Crippen molar-refractivity contribution in [1.82, 2.24) is 14.8 Å². The van der Waals surface area contributed by atoms with Crippen LogP contribution >= 0.6 is 0 Å². The number of ether oxygens (including phenoxy) is 1. The summed E-state index contributed by atoms with van der Waals surface area (Å²) in [7, 11) is 0. The molecular weight excluding hydrogens is 444 g/mol. The average molecular weight is 479 g/mol. The second-order valence-corrected chi connectivity index (χ2v) is 9.95. The number of nitrogens with zero attached hydrogens (tertiary/aromatic N) is 4. The van der Waals surface area contributed by atoms with Gasteiger partial charge < -0.3 is 14.7 Å². The van der Waals surface area contributed by atoms with Gasteiger partial charge in [0.1, 0.15) is 6.10 Å². The minimum absolute atomic E-state index is 0.113. The lowest BCUT2D eigenvalue weighted by atomic mass is 9.92. The molecule has 1 N–H and O–H groups in total. The number of anilines is 1. The maximum absolute atomic E-state index is 13.2. The van der Waals surface area contributed by atoms with Crippen molar-refractivity contribution in [2.45, 2.75) is 50.3 Å². The summed E-state index contributed by atoms with van der Waals surface area (Å²) in [6, 6.07) is 14.3. The predicted molar refractivity (Wildman–Crippen MR) is 132 cm³/mol. The summed E-state index contributed by atoms with van der Waals surface area (Å²) < 4.78 is 6.03. The Labute approximate surface area is 206 Å². The van der Waals surface area contributed by atoms with Crippen molar-refractivity contribution in [3.8, 4) is 0 Å². The SMILES string of the molecule is O=C(O)CC1CCN(CC2OC(=O)N(C3CCN(c4ccncc4)CC3)C2c2ccccc2)CC1. The van der Waals surface area contributed by atoms with E-state index in [0.717, 1.165) is 57.4 Å². The molecule has 4 heterocycles. The average Bonchev–Trinajstić information content (AvgIpc) is 3.21. The number of benzene rings is 1. The van der Waals surface area contributed by atoms with Crippen LogP contribution < -0.4 is 4.90 Å². The van der Waals surface area contributed by atoms with Crippen LogP contribution in [0.15, 0.2) is 54.9 Å². The number of amides is 1. The number of aliphatic carboxylic acids is 1. The number of hydrogen-bond donors (Lipinski definition) is 1. The normalized spacial score (nSPS) is 24.5. The smallest absolute Gasteiger partial charge is 0.411 e. The number of carbonyl (C=O) groups excluding carboxylic acids is 1. The lowest BCUT2D eigenvalue weighted by Crippen LogP contribution is -2.47. The first-order valence-electron chi connectivity index (χ1n) is 12.7. The standard InChI is InChI=1S/C27H34N4O4/c32-25(33)18-20-8-14-29(15-9-20)19-24-26(21-4-2-1-3-5-21)31(27(34)35-24)23-10-16-30(17-11-23)22-6-12-28-13-7-22/h1-7,12-13,20,23-24,26H,8-11,14-19H2,(H,32,33). The Bertz CT molecular complexity index is 989. The molecule has 8 heteroatoms. The Morgan fingerprint density at radius 2 is 1.66 bits per heavy atom. The van der Waals surface area contributed by atoms with Crippen molar-refractivity contribution in [1.29, 1.82) is 0 Å². The second kappa shape index (κ2) is 10.6. The summed E-state index contributed by atoms with van der Waals surface area (Å²) in [6.45, 7) is 4.15. The highest BCUT2D eigenvalue weighted by molar-refractivity contribution is 5.72. The van der Waals surface area contributed by atoms with Crippen LogP contribution in [-0.4, -0.2) is 76.8 Å². The van der Waals surface area contributed by atoms with E-state index in [0.29, 0.717) is 6.54 Å². The van der Waals surface area contributed by atoms with Crippen LogP contribution in [0.1, 0.15) is 43.7 Å². The van der Waals surface area contributed by atoms with Crippen molar-refractivity contribution in [3.63, 3.8) is 0 Å². The van der Waals surface area contributed by atoms with Crippen LogP contribution in [0.2, 0.25) is 0 Å². The van der Waals surface area contributed by atoms with E-state index in [-0.39, 0.29) is 36.6 Å². The topological polar surface area (TPSA) is 86.2 Å². The van der Waals surface area contributed by atoms with E-state index in [1.807, 2.05) is 47.6 Å². The Hall–Kier alpha value is -3.13. The third-order valence-corrected chi connectivity index (χ3v) is 7.75. The first kappa shape index (κ1) is 23.6. The van der Waals surface area contributed by atoms with Crippen LogP contribution in [0.4, 0.5) is 10.5 Å². The van der Waals surface area contributed by atoms with Gasteiger partial charge in [-0.05, 0) is 62.4 Å². The molecule has 0 spiro atoms. The number of piperidine rings is 2. The maximum Gasteiger partial charge on any atom is 0.411 e. The van der Waals surface area contributed by atoms with E-state index in [9.17, 15) is 9.59 Å². The lowest BCUT2D eigenvalue weighted by molar-refractivity contribution is -0.138. The molecule has 0 aliphatic carbocycles. The number of rotatable bonds is 7. The molecule has 0 radical (unpaired) electrons. The molecular formula is C27H34N4O4. The largest absolute Gasteiger partial charge is 0.481 e. The van der Waals surface area contributed by atoms with Crippen molar-refractivity contribution < 1.29 is 19.4 Å². The molecule has 35 heavy (non-hydrogen) atoms. The van der Waals surface area contributed by atoms with E-state index in [2.05, 4.69) is 26.9 Å². The minimum atomic E-state index is -0.720. The van der Waals surface area contributed by atoms with Crippen LogP contribution in [0.3, 0.4) is 0 Å². The molecule has 3 fully saturated rings. The molecule has 1 aromatic heterocycles. The van der Waals surface area contributed by atoms with Gasteiger partial charge in [-0.2, -0.15) is 0 Å². The van der Waals surface area contributed by atoms with Crippen LogP contribution in [0.5, 0.6) is 0 Å². The molecule has 1 aromatic carbocycles. The van der Waals surface area contributed by atoms with E-state index in [1.54, 1.807) is 0 Å². The third-order valence-electron chi connectivity index (χ3n) is 7.75. The van der Waals surface area contributed by atoms with Crippen molar-refractivity contribution in [2.75, 3.05) is 37.6 Å². The molecule has 0 bridgehead atoms. The van der Waals surface area contributed by atoms with Gasteiger partial charge in [0.05, 0.1) is 6.04 Å². The molecule has 2 atom stereocenters. The monoisotopic (exact) mass is 478 g/mol. The highest BCUT2D eigenvalue weighted by Crippen LogP contribution is 2.38. The number of carboxylic acid groups (broad SMARTS) is 1. The highest BCUT2D eigenvalue weighted by Gasteiger charge is 2.47. The van der Waals surface area contributed by atoms with Gasteiger partial charge >= 0.3 is 12.1 Å². The van der Waals surface area contributed by atoms with E-state index >= 15 is 0 Å². The Balaban J connectivity index is 1.27. The van der Waals surface area contributed by atoms with Gasteiger partial charge in [-0.3, -0.25) is 19.6 Å². The number of carboxylic acids is 1. The zero-order valence-corrected chi connectivity index (χ0v) is 20.0. The third kappa shape index (κ3) is 5.42. The summed E-state index contributed by atoms with van der Waals surface area (Å²) >= 11 is 0. The summed E-state index contributed by atoms with van der Waals surface area (Å²) in [6.07, 6.45) is 6.97. The molecule has 8 nitrogen and oxygen atoms in total. The molecule has 1 amide bonds. The number of pyridine rings is 1.